The molecular weight excluding hydrogens is 216 g/mol. The van der Waals surface area contributed by atoms with Gasteiger partial charge in [0.05, 0.1) is 11.3 Å². The highest BCUT2D eigenvalue weighted by molar-refractivity contribution is 5.95. The maximum atomic E-state index is 11.2. The molecule has 0 radical (unpaired) electrons. The Kier molecular flexibility index (Phi) is 3.22. The number of benzene rings is 1. The van der Waals surface area contributed by atoms with Crippen LogP contribution in [0.1, 0.15) is 36.5 Å². The molecule has 0 heterocycles. The van der Waals surface area contributed by atoms with Gasteiger partial charge in [0.25, 0.3) is 0 Å². The Morgan fingerprint density at radius 3 is 2.76 bits per heavy atom. The van der Waals surface area contributed by atoms with E-state index in [0.717, 1.165) is 31.5 Å². The smallest absolute Gasteiger partial charge is 0.337 e. The number of carboxylic acid groups (broad SMARTS) is 1. The maximum absolute atomic E-state index is 11.2. The molecule has 4 heteroatoms. The quantitative estimate of drug-likeness (QED) is 0.767. The number of nitrogens with two attached hydrogens (primary N) is 1. The third kappa shape index (κ3) is 2.52. The van der Waals surface area contributed by atoms with Crippen LogP contribution in [0.15, 0.2) is 18.2 Å². The fraction of sp³-hybridized carbons (Fsp3) is 0.462. The van der Waals surface area contributed by atoms with Crippen molar-refractivity contribution in [2.24, 2.45) is 0 Å². The minimum Gasteiger partial charge on any atom is -0.478 e. The predicted octanol–water partition coefficient (Wildman–Crippen LogP) is 2.35. The Labute approximate surface area is 101 Å². The van der Waals surface area contributed by atoms with Gasteiger partial charge in [-0.25, -0.2) is 4.79 Å². The molecule has 1 aliphatic carbocycles. The average molecular weight is 234 g/mol. The van der Waals surface area contributed by atoms with Crippen molar-refractivity contribution in [1.29, 1.82) is 0 Å². The Balaban J connectivity index is 2.39. The van der Waals surface area contributed by atoms with Crippen LogP contribution >= 0.6 is 0 Å². The molecule has 1 fully saturated rings. The third-order valence-corrected chi connectivity index (χ3v) is 3.01. The van der Waals surface area contributed by atoms with E-state index in [1.54, 1.807) is 18.2 Å². The second kappa shape index (κ2) is 4.65. The van der Waals surface area contributed by atoms with Gasteiger partial charge in [-0.05, 0) is 37.5 Å². The minimum absolute atomic E-state index is 0.347. The molecule has 4 nitrogen and oxygen atoms in total. The van der Waals surface area contributed by atoms with Crippen LogP contribution in [0.2, 0.25) is 0 Å². The number of rotatable bonds is 5. The first-order valence-electron chi connectivity index (χ1n) is 6.03. The summed E-state index contributed by atoms with van der Waals surface area (Å²) in [5.41, 5.74) is 7.49. The van der Waals surface area contributed by atoms with Gasteiger partial charge in [0, 0.05) is 18.3 Å². The van der Waals surface area contributed by atoms with Gasteiger partial charge in [-0.3, -0.25) is 0 Å². The number of anilines is 2. The van der Waals surface area contributed by atoms with Gasteiger partial charge in [-0.2, -0.15) is 0 Å². The Morgan fingerprint density at radius 2 is 2.24 bits per heavy atom. The molecule has 0 amide bonds. The summed E-state index contributed by atoms with van der Waals surface area (Å²) in [6.07, 6.45) is 3.30. The number of nitrogen functional groups attached to an aromatic ring is 1. The molecule has 1 aromatic carbocycles. The number of hydrogen-bond donors (Lipinski definition) is 2. The molecule has 2 rings (SSSR count). The third-order valence-electron chi connectivity index (χ3n) is 3.01. The first-order chi connectivity index (χ1) is 8.13. The van der Waals surface area contributed by atoms with Crippen molar-refractivity contribution in [3.8, 4) is 0 Å². The zero-order valence-corrected chi connectivity index (χ0v) is 10.0. The molecule has 1 saturated carbocycles. The summed E-state index contributed by atoms with van der Waals surface area (Å²) in [7, 11) is 0. The molecule has 1 aromatic rings. The molecule has 1 aliphatic rings. The lowest BCUT2D eigenvalue weighted by molar-refractivity contribution is 0.0697. The number of nitrogens with zero attached hydrogens (tertiary/aromatic N) is 1. The van der Waals surface area contributed by atoms with Crippen molar-refractivity contribution in [3.05, 3.63) is 23.8 Å². The largest absolute Gasteiger partial charge is 0.478 e. The Morgan fingerprint density at radius 1 is 1.53 bits per heavy atom. The van der Waals surface area contributed by atoms with Crippen LogP contribution in [0.5, 0.6) is 0 Å². The molecule has 3 N–H and O–H groups in total. The summed E-state index contributed by atoms with van der Waals surface area (Å²) in [6, 6.07) is 5.51. The van der Waals surface area contributed by atoms with Crippen molar-refractivity contribution in [2.75, 3.05) is 17.2 Å². The summed E-state index contributed by atoms with van der Waals surface area (Å²) in [4.78, 5) is 13.4. The first-order valence-corrected chi connectivity index (χ1v) is 6.03. The molecule has 0 atom stereocenters. The van der Waals surface area contributed by atoms with Gasteiger partial charge in [0.2, 0.25) is 0 Å². The fourth-order valence-corrected chi connectivity index (χ4v) is 2.09. The highest BCUT2D eigenvalue weighted by atomic mass is 16.4. The molecule has 0 aromatic heterocycles. The normalized spacial score (nSPS) is 14.6. The molecule has 17 heavy (non-hydrogen) atoms. The molecule has 0 saturated heterocycles. The Hall–Kier alpha value is -1.71. The van der Waals surface area contributed by atoms with Crippen LogP contribution in [0, 0.1) is 0 Å². The zero-order chi connectivity index (χ0) is 12.4. The number of hydrogen-bond acceptors (Lipinski definition) is 3. The fourth-order valence-electron chi connectivity index (χ4n) is 2.09. The van der Waals surface area contributed by atoms with E-state index in [9.17, 15) is 9.90 Å². The van der Waals surface area contributed by atoms with E-state index in [1.807, 2.05) is 0 Å². The highest BCUT2D eigenvalue weighted by Gasteiger charge is 2.30. The van der Waals surface area contributed by atoms with Crippen LogP contribution in [0.3, 0.4) is 0 Å². The van der Waals surface area contributed by atoms with E-state index < -0.39 is 5.97 Å². The van der Waals surface area contributed by atoms with Crippen LogP contribution in [0.25, 0.3) is 0 Å². The van der Waals surface area contributed by atoms with Crippen molar-refractivity contribution in [2.45, 2.75) is 32.2 Å². The van der Waals surface area contributed by atoms with E-state index in [2.05, 4.69) is 11.8 Å². The van der Waals surface area contributed by atoms with Gasteiger partial charge in [0.15, 0.2) is 0 Å². The molecule has 0 spiro atoms. The highest BCUT2D eigenvalue weighted by Crippen LogP contribution is 2.34. The van der Waals surface area contributed by atoms with E-state index in [-0.39, 0.29) is 0 Å². The summed E-state index contributed by atoms with van der Waals surface area (Å²) < 4.78 is 0. The summed E-state index contributed by atoms with van der Waals surface area (Å²) in [6.45, 7) is 2.98. The van der Waals surface area contributed by atoms with Gasteiger partial charge < -0.3 is 15.7 Å². The topological polar surface area (TPSA) is 66.6 Å². The molecule has 0 unspecified atom stereocenters. The van der Waals surface area contributed by atoms with Crippen molar-refractivity contribution in [3.63, 3.8) is 0 Å². The van der Waals surface area contributed by atoms with Crippen molar-refractivity contribution < 1.29 is 9.90 Å². The molecular formula is C13H18N2O2. The molecule has 0 aliphatic heterocycles. The second-order valence-electron chi connectivity index (χ2n) is 4.51. The number of aromatic carboxylic acids is 1. The monoisotopic (exact) mass is 234 g/mol. The van der Waals surface area contributed by atoms with E-state index in [0.29, 0.717) is 17.3 Å². The van der Waals surface area contributed by atoms with Gasteiger partial charge in [-0.15, -0.1) is 0 Å². The lowest BCUT2D eigenvalue weighted by Crippen LogP contribution is -2.28. The van der Waals surface area contributed by atoms with Crippen LogP contribution < -0.4 is 10.6 Å². The van der Waals surface area contributed by atoms with Crippen LogP contribution in [0.4, 0.5) is 11.4 Å². The average Bonchev–Trinajstić information content (AvgIpc) is 3.09. The number of carboxylic acids is 1. The molecule has 0 bridgehead atoms. The van der Waals surface area contributed by atoms with E-state index in [4.69, 9.17) is 5.73 Å². The van der Waals surface area contributed by atoms with E-state index in [1.165, 1.54) is 0 Å². The van der Waals surface area contributed by atoms with Crippen molar-refractivity contribution >= 4 is 17.3 Å². The standard InChI is InChI=1S/C13H18N2O2/c1-2-7-15(10-4-5-10)12-8-9(14)3-6-11(12)13(16)17/h3,6,8,10H,2,4-5,7,14H2,1H3,(H,16,17). The summed E-state index contributed by atoms with van der Waals surface area (Å²) in [5.74, 6) is -0.887. The van der Waals surface area contributed by atoms with Crippen LogP contribution in [-0.4, -0.2) is 23.7 Å². The predicted molar refractivity (Wildman–Crippen MR) is 68.5 cm³/mol. The first kappa shape index (κ1) is 11.8. The van der Waals surface area contributed by atoms with E-state index >= 15 is 0 Å². The van der Waals surface area contributed by atoms with Gasteiger partial charge in [0.1, 0.15) is 0 Å². The maximum Gasteiger partial charge on any atom is 0.337 e. The SMILES string of the molecule is CCCN(c1cc(N)ccc1C(=O)O)C1CC1. The van der Waals surface area contributed by atoms with Crippen LogP contribution in [-0.2, 0) is 0 Å². The minimum atomic E-state index is -0.887. The van der Waals surface area contributed by atoms with Crippen molar-refractivity contribution in [1.82, 2.24) is 0 Å². The molecule has 92 valence electrons. The van der Waals surface area contributed by atoms with Gasteiger partial charge >= 0.3 is 5.97 Å². The summed E-state index contributed by atoms with van der Waals surface area (Å²) in [5, 5.41) is 9.21. The summed E-state index contributed by atoms with van der Waals surface area (Å²) >= 11 is 0. The lowest BCUT2D eigenvalue weighted by Gasteiger charge is -2.26. The lowest BCUT2D eigenvalue weighted by atomic mass is 10.1. The zero-order valence-electron chi connectivity index (χ0n) is 10.0. The van der Waals surface area contributed by atoms with Gasteiger partial charge in [-0.1, -0.05) is 6.92 Å². The number of carbonyl (C=O) groups is 1. The second-order valence-corrected chi connectivity index (χ2v) is 4.51. The Bertz CT molecular complexity index is 427.